The van der Waals surface area contributed by atoms with Crippen molar-refractivity contribution in [2.45, 2.75) is 6.92 Å². The number of carbonyl (C=O) groups excluding carboxylic acids is 1. The molecule has 0 saturated carbocycles. The number of thiazole rings is 2. The van der Waals surface area contributed by atoms with Crippen LogP contribution in [0.3, 0.4) is 0 Å². The number of hydrogen-bond donors (Lipinski definition) is 0. The summed E-state index contributed by atoms with van der Waals surface area (Å²) < 4.78 is 0. The maximum Gasteiger partial charge on any atom is 0.230 e. The van der Waals surface area contributed by atoms with Crippen molar-refractivity contribution >= 4 is 74.3 Å². The fourth-order valence-electron chi connectivity index (χ4n) is 2.93. The lowest BCUT2D eigenvalue weighted by Crippen LogP contribution is -2.22. The third kappa shape index (κ3) is 4.90. The monoisotopic (exact) mass is 496 g/mol. The van der Waals surface area contributed by atoms with Crippen LogP contribution in [0.2, 0.25) is 10.0 Å². The Hall–Kier alpha value is -3.02. The zero-order valence-electron chi connectivity index (χ0n) is 16.6. The Morgan fingerprint density at radius 1 is 1.06 bits per heavy atom. The van der Waals surface area contributed by atoms with Gasteiger partial charge < -0.3 is 0 Å². The van der Waals surface area contributed by atoms with E-state index in [2.05, 4.69) is 16.0 Å². The van der Waals surface area contributed by atoms with Gasteiger partial charge in [0.15, 0.2) is 5.13 Å². The molecular formula is C23H14Cl2N4OS2. The van der Waals surface area contributed by atoms with E-state index in [1.54, 1.807) is 47.9 Å². The van der Waals surface area contributed by atoms with Gasteiger partial charge in [-0.2, -0.15) is 5.26 Å². The number of anilines is 2. The Labute approximate surface area is 202 Å². The Morgan fingerprint density at radius 3 is 2.53 bits per heavy atom. The van der Waals surface area contributed by atoms with Crippen LogP contribution in [0.4, 0.5) is 10.8 Å². The minimum Gasteiger partial charge on any atom is -0.274 e. The highest BCUT2D eigenvalue weighted by molar-refractivity contribution is 7.14. The van der Waals surface area contributed by atoms with Crippen molar-refractivity contribution in [1.29, 1.82) is 5.26 Å². The smallest absolute Gasteiger partial charge is 0.230 e. The van der Waals surface area contributed by atoms with Crippen molar-refractivity contribution in [3.05, 3.63) is 80.0 Å². The van der Waals surface area contributed by atoms with E-state index in [9.17, 15) is 10.1 Å². The lowest BCUT2D eigenvalue weighted by atomic mass is 10.2. The Kier molecular flexibility index (Phi) is 6.68. The molecule has 0 aliphatic rings. The van der Waals surface area contributed by atoms with Gasteiger partial charge in [-0.3, -0.25) is 9.69 Å². The average Bonchev–Trinajstić information content (AvgIpc) is 3.43. The molecule has 2 aromatic carbocycles. The molecule has 0 saturated heterocycles. The van der Waals surface area contributed by atoms with Gasteiger partial charge in [-0.05, 0) is 36.4 Å². The first-order valence-corrected chi connectivity index (χ1v) is 11.8. The highest BCUT2D eigenvalue weighted by Gasteiger charge is 2.18. The number of carbonyl (C=O) groups is 1. The molecule has 0 aliphatic carbocycles. The van der Waals surface area contributed by atoms with E-state index in [-0.39, 0.29) is 5.91 Å². The second-order valence-corrected chi connectivity index (χ2v) is 9.17. The van der Waals surface area contributed by atoms with E-state index in [1.807, 2.05) is 17.5 Å². The van der Waals surface area contributed by atoms with Crippen LogP contribution in [0.1, 0.15) is 17.6 Å². The molecule has 1 amide bonds. The first-order chi connectivity index (χ1) is 15.4. The number of aromatic nitrogens is 2. The third-order valence-electron chi connectivity index (χ3n) is 4.37. The van der Waals surface area contributed by atoms with Gasteiger partial charge in [-0.25, -0.2) is 9.97 Å². The molecule has 9 heteroatoms. The topological polar surface area (TPSA) is 69.9 Å². The Balaban J connectivity index is 1.63. The third-order valence-corrected chi connectivity index (χ3v) is 6.58. The molecule has 2 aromatic heterocycles. The summed E-state index contributed by atoms with van der Waals surface area (Å²) >= 11 is 14.7. The molecule has 0 N–H and O–H groups in total. The zero-order valence-corrected chi connectivity index (χ0v) is 19.8. The van der Waals surface area contributed by atoms with E-state index in [0.29, 0.717) is 37.1 Å². The summed E-state index contributed by atoms with van der Waals surface area (Å²) in [7, 11) is 0. The molecule has 0 spiro atoms. The predicted molar refractivity (Wildman–Crippen MR) is 132 cm³/mol. The molecule has 0 bridgehead atoms. The van der Waals surface area contributed by atoms with Gasteiger partial charge in [-0.1, -0.05) is 41.4 Å². The molecule has 0 radical (unpaired) electrons. The number of rotatable bonds is 5. The second kappa shape index (κ2) is 9.63. The van der Waals surface area contributed by atoms with Crippen molar-refractivity contribution < 1.29 is 4.79 Å². The van der Waals surface area contributed by atoms with Gasteiger partial charge in [0, 0.05) is 33.3 Å². The SMILES string of the molecule is CC(=O)N(c1cccc(Cl)c1)c1nc(/C=C(\C#N)c2nc(-c3ccc(Cl)cc3)cs2)cs1. The van der Waals surface area contributed by atoms with Crippen molar-refractivity contribution in [2.75, 3.05) is 4.90 Å². The molecule has 0 unspecified atom stereocenters. The van der Waals surface area contributed by atoms with Gasteiger partial charge in [0.05, 0.1) is 22.6 Å². The maximum atomic E-state index is 12.3. The highest BCUT2D eigenvalue weighted by Crippen LogP contribution is 2.32. The van der Waals surface area contributed by atoms with Crippen molar-refractivity contribution in [1.82, 2.24) is 9.97 Å². The van der Waals surface area contributed by atoms with Crippen LogP contribution in [0.5, 0.6) is 0 Å². The van der Waals surface area contributed by atoms with Crippen molar-refractivity contribution in [3.8, 4) is 17.3 Å². The molecule has 0 aliphatic heterocycles. The summed E-state index contributed by atoms with van der Waals surface area (Å²) in [5, 5.41) is 15.6. The summed E-state index contributed by atoms with van der Waals surface area (Å²) in [6.45, 7) is 1.46. The van der Waals surface area contributed by atoms with Crippen LogP contribution >= 0.6 is 45.9 Å². The molecule has 0 atom stereocenters. The van der Waals surface area contributed by atoms with Crippen LogP contribution in [0, 0.1) is 11.3 Å². The largest absolute Gasteiger partial charge is 0.274 e. The summed E-state index contributed by atoms with van der Waals surface area (Å²) in [6, 6.07) is 16.6. The van der Waals surface area contributed by atoms with Crippen LogP contribution in [-0.4, -0.2) is 15.9 Å². The Morgan fingerprint density at radius 2 is 1.84 bits per heavy atom. The Bertz CT molecular complexity index is 1350. The number of amides is 1. The van der Waals surface area contributed by atoms with Crippen molar-refractivity contribution in [2.24, 2.45) is 0 Å². The number of allylic oxidation sites excluding steroid dienone is 1. The van der Waals surface area contributed by atoms with Gasteiger partial charge >= 0.3 is 0 Å². The fourth-order valence-corrected chi connectivity index (χ4v) is 4.88. The van der Waals surface area contributed by atoms with E-state index in [0.717, 1.165) is 11.3 Å². The lowest BCUT2D eigenvalue weighted by molar-refractivity contribution is -0.115. The quantitative estimate of drug-likeness (QED) is 0.271. The predicted octanol–water partition coefficient (Wildman–Crippen LogP) is 7.32. The summed E-state index contributed by atoms with van der Waals surface area (Å²) in [5.41, 5.74) is 3.28. The number of nitriles is 1. The molecule has 0 fully saturated rings. The second-order valence-electron chi connectivity index (χ2n) is 6.60. The minimum atomic E-state index is -0.190. The molecule has 5 nitrogen and oxygen atoms in total. The number of benzene rings is 2. The number of hydrogen-bond acceptors (Lipinski definition) is 6. The molecule has 32 heavy (non-hydrogen) atoms. The van der Waals surface area contributed by atoms with Crippen LogP contribution < -0.4 is 4.90 Å². The number of nitrogens with zero attached hydrogens (tertiary/aromatic N) is 4. The molecular weight excluding hydrogens is 483 g/mol. The normalized spacial score (nSPS) is 11.2. The van der Waals surface area contributed by atoms with Gasteiger partial charge in [0.25, 0.3) is 0 Å². The van der Waals surface area contributed by atoms with Crippen LogP contribution in [0.15, 0.2) is 59.3 Å². The fraction of sp³-hybridized carbons (Fsp3) is 0.0435. The summed E-state index contributed by atoms with van der Waals surface area (Å²) in [5.74, 6) is -0.190. The average molecular weight is 497 g/mol. The van der Waals surface area contributed by atoms with Crippen LogP contribution in [-0.2, 0) is 4.79 Å². The molecule has 4 aromatic rings. The maximum absolute atomic E-state index is 12.3. The van der Waals surface area contributed by atoms with E-state index in [4.69, 9.17) is 23.2 Å². The molecule has 4 rings (SSSR count). The first kappa shape index (κ1) is 22.2. The van der Waals surface area contributed by atoms with Gasteiger partial charge in [-0.15, -0.1) is 22.7 Å². The van der Waals surface area contributed by atoms with E-state index in [1.165, 1.54) is 34.5 Å². The van der Waals surface area contributed by atoms with Gasteiger partial charge in [0.2, 0.25) is 5.91 Å². The van der Waals surface area contributed by atoms with Crippen molar-refractivity contribution in [3.63, 3.8) is 0 Å². The van der Waals surface area contributed by atoms with E-state index >= 15 is 0 Å². The minimum absolute atomic E-state index is 0.190. The standard InChI is InChI=1S/C23H14Cl2N4OS2/c1-14(30)29(20-4-2-3-18(25)10-20)23-27-19(12-32-23)9-16(11-26)22-28-21(13-31-22)15-5-7-17(24)8-6-15/h2-10,12-13H,1H3/b16-9+. The summed E-state index contributed by atoms with van der Waals surface area (Å²) in [6.07, 6.45) is 1.67. The van der Waals surface area contributed by atoms with E-state index < -0.39 is 0 Å². The lowest BCUT2D eigenvalue weighted by Gasteiger charge is -2.18. The zero-order chi connectivity index (χ0) is 22.7. The highest BCUT2D eigenvalue weighted by atomic mass is 35.5. The number of halogens is 2. The molecule has 2 heterocycles. The summed E-state index contributed by atoms with van der Waals surface area (Å²) in [4.78, 5) is 22.9. The first-order valence-electron chi connectivity index (χ1n) is 9.30. The van der Waals surface area contributed by atoms with Gasteiger partial charge in [0.1, 0.15) is 11.1 Å². The van der Waals surface area contributed by atoms with Crippen LogP contribution in [0.25, 0.3) is 22.9 Å². The molecule has 158 valence electrons.